The average Bonchev–Trinajstić information content (AvgIpc) is 2.27. The van der Waals surface area contributed by atoms with Gasteiger partial charge in [0, 0.05) is 30.8 Å². The summed E-state index contributed by atoms with van der Waals surface area (Å²) in [7, 11) is 1.98. The highest BCUT2D eigenvalue weighted by atomic mass is 16.1. The standard InChI is InChI=1S/C13H20N2O/c1-11(2)13(16)10-15(3)9-7-12-6-4-5-8-14-12/h4-6,8,11H,7,9-10H2,1-3H3. The van der Waals surface area contributed by atoms with Crippen LogP contribution in [0.2, 0.25) is 0 Å². The van der Waals surface area contributed by atoms with E-state index in [4.69, 9.17) is 0 Å². The molecular weight excluding hydrogens is 200 g/mol. The number of Topliss-reactive ketones (excluding diaryl/α,β-unsaturated/α-hetero) is 1. The summed E-state index contributed by atoms with van der Waals surface area (Å²) in [6.45, 7) is 5.28. The number of carbonyl (C=O) groups is 1. The van der Waals surface area contributed by atoms with E-state index in [1.807, 2.05) is 39.1 Å². The van der Waals surface area contributed by atoms with Crippen molar-refractivity contribution in [3.8, 4) is 0 Å². The van der Waals surface area contributed by atoms with Gasteiger partial charge in [-0.05, 0) is 19.2 Å². The lowest BCUT2D eigenvalue weighted by molar-refractivity contribution is -0.122. The van der Waals surface area contributed by atoms with Gasteiger partial charge < -0.3 is 0 Å². The fourth-order valence-electron chi connectivity index (χ4n) is 1.38. The molecule has 1 rings (SSSR count). The van der Waals surface area contributed by atoms with Gasteiger partial charge in [0.25, 0.3) is 0 Å². The summed E-state index contributed by atoms with van der Waals surface area (Å²) in [6, 6.07) is 5.91. The summed E-state index contributed by atoms with van der Waals surface area (Å²) in [5.74, 6) is 0.417. The monoisotopic (exact) mass is 220 g/mol. The second-order valence-electron chi connectivity index (χ2n) is 4.43. The van der Waals surface area contributed by atoms with Crippen molar-refractivity contribution in [3.05, 3.63) is 30.1 Å². The van der Waals surface area contributed by atoms with Crippen molar-refractivity contribution >= 4 is 5.78 Å². The van der Waals surface area contributed by atoms with E-state index in [0.29, 0.717) is 12.3 Å². The minimum atomic E-state index is 0.123. The number of carbonyl (C=O) groups excluding carboxylic acids is 1. The molecule has 0 aromatic carbocycles. The Morgan fingerprint density at radius 3 is 2.75 bits per heavy atom. The van der Waals surface area contributed by atoms with Crippen molar-refractivity contribution in [1.82, 2.24) is 9.88 Å². The Morgan fingerprint density at radius 2 is 2.19 bits per heavy atom. The predicted octanol–water partition coefficient (Wildman–Crippen LogP) is 1.78. The highest BCUT2D eigenvalue weighted by molar-refractivity contribution is 5.82. The molecule has 1 heterocycles. The molecule has 0 aliphatic heterocycles. The maximum atomic E-state index is 11.5. The minimum Gasteiger partial charge on any atom is -0.299 e. The van der Waals surface area contributed by atoms with E-state index in [9.17, 15) is 4.79 Å². The van der Waals surface area contributed by atoms with E-state index in [-0.39, 0.29) is 5.92 Å². The van der Waals surface area contributed by atoms with Gasteiger partial charge in [0.2, 0.25) is 0 Å². The van der Waals surface area contributed by atoms with Gasteiger partial charge in [0.15, 0.2) is 0 Å². The molecular formula is C13H20N2O. The molecule has 3 nitrogen and oxygen atoms in total. The molecule has 0 unspecified atom stereocenters. The first-order valence-electron chi connectivity index (χ1n) is 5.70. The van der Waals surface area contributed by atoms with Gasteiger partial charge in [-0.3, -0.25) is 14.7 Å². The van der Waals surface area contributed by atoms with Crippen LogP contribution in [-0.2, 0) is 11.2 Å². The molecule has 88 valence electrons. The Bertz CT molecular complexity index is 322. The molecule has 0 bridgehead atoms. The van der Waals surface area contributed by atoms with Crippen molar-refractivity contribution in [2.75, 3.05) is 20.1 Å². The number of ketones is 1. The second-order valence-corrected chi connectivity index (χ2v) is 4.43. The van der Waals surface area contributed by atoms with Crippen LogP contribution in [0.15, 0.2) is 24.4 Å². The van der Waals surface area contributed by atoms with Crippen LogP contribution >= 0.6 is 0 Å². The van der Waals surface area contributed by atoms with E-state index < -0.39 is 0 Å². The summed E-state index contributed by atoms with van der Waals surface area (Å²) in [5, 5.41) is 0. The first kappa shape index (κ1) is 12.8. The van der Waals surface area contributed by atoms with E-state index in [0.717, 1.165) is 18.7 Å². The van der Waals surface area contributed by atoms with Gasteiger partial charge in [0.05, 0.1) is 6.54 Å². The molecule has 1 aromatic rings. The third kappa shape index (κ3) is 4.53. The Kier molecular flexibility index (Phi) is 5.12. The van der Waals surface area contributed by atoms with E-state index in [1.54, 1.807) is 6.20 Å². The molecule has 0 saturated carbocycles. The molecule has 0 atom stereocenters. The molecule has 0 aliphatic rings. The smallest absolute Gasteiger partial charge is 0.149 e. The molecule has 0 spiro atoms. The number of hydrogen-bond acceptors (Lipinski definition) is 3. The fourth-order valence-corrected chi connectivity index (χ4v) is 1.38. The summed E-state index contributed by atoms with van der Waals surface area (Å²) in [5.41, 5.74) is 1.08. The molecule has 0 N–H and O–H groups in total. The molecule has 0 saturated heterocycles. The lowest BCUT2D eigenvalue weighted by Crippen LogP contribution is -2.30. The molecule has 0 amide bonds. The molecule has 0 radical (unpaired) electrons. The SMILES string of the molecule is CC(C)C(=O)CN(C)CCc1ccccn1. The number of rotatable bonds is 6. The van der Waals surface area contributed by atoms with Crippen LogP contribution in [0.3, 0.4) is 0 Å². The van der Waals surface area contributed by atoms with Gasteiger partial charge in [0.1, 0.15) is 5.78 Å². The molecule has 0 fully saturated rings. The van der Waals surface area contributed by atoms with Gasteiger partial charge in [-0.2, -0.15) is 0 Å². The first-order valence-corrected chi connectivity index (χ1v) is 5.70. The summed E-state index contributed by atoms with van der Waals surface area (Å²) >= 11 is 0. The molecule has 3 heteroatoms. The second kappa shape index (κ2) is 6.38. The lowest BCUT2D eigenvalue weighted by Gasteiger charge is -2.16. The van der Waals surface area contributed by atoms with Gasteiger partial charge >= 0.3 is 0 Å². The van der Waals surface area contributed by atoms with E-state index in [1.165, 1.54) is 0 Å². The quantitative estimate of drug-likeness (QED) is 0.732. The van der Waals surface area contributed by atoms with Crippen molar-refractivity contribution in [1.29, 1.82) is 0 Å². The van der Waals surface area contributed by atoms with Crippen LogP contribution in [0.5, 0.6) is 0 Å². The fraction of sp³-hybridized carbons (Fsp3) is 0.538. The third-order valence-corrected chi connectivity index (χ3v) is 2.55. The number of pyridine rings is 1. The zero-order valence-electron chi connectivity index (χ0n) is 10.3. The number of likely N-dealkylation sites (N-methyl/N-ethyl adjacent to an activating group) is 1. The Hall–Kier alpha value is -1.22. The zero-order valence-corrected chi connectivity index (χ0v) is 10.3. The highest BCUT2D eigenvalue weighted by Gasteiger charge is 2.10. The van der Waals surface area contributed by atoms with Gasteiger partial charge in [-0.15, -0.1) is 0 Å². The largest absolute Gasteiger partial charge is 0.299 e. The van der Waals surface area contributed by atoms with Crippen molar-refractivity contribution < 1.29 is 4.79 Å². The molecule has 16 heavy (non-hydrogen) atoms. The van der Waals surface area contributed by atoms with Crippen LogP contribution in [0.25, 0.3) is 0 Å². The normalized spacial score (nSPS) is 11.1. The molecule has 1 aromatic heterocycles. The molecule has 0 aliphatic carbocycles. The minimum absolute atomic E-state index is 0.123. The first-order chi connectivity index (χ1) is 7.59. The summed E-state index contributed by atoms with van der Waals surface area (Å²) in [4.78, 5) is 17.8. The zero-order chi connectivity index (χ0) is 12.0. The van der Waals surface area contributed by atoms with Crippen LogP contribution < -0.4 is 0 Å². The van der Waals surface area contributed by atoms with Crippen LogP contribution in [0, 0.1) is 5.92 Å². The summed E-state index contributed by atoms with van der Waals surface area (Å²) < 4.78 is 0. The number of aromatic nitrogens is 1. The Morgan fingerprint density at radius 1 is 1.44 bits per heavy atom. The topological polar surface area (TPSA) is 33.2 Å². The van der Waals surface area contributed by atoms with Crippen molar-refractivity contribution in [2.45, 2.75) is 20.3 Å². The Balaban J connectivity index is 2.30. The lowest BCUT2D eigenvalue weighted by atomic mass is 10.1. The average molecular weight is 220 g/mol. The number of hydrogen-bond donors (Lipinski definition) is 0. The van der Waals surface area contributed by atoms with E-state index >= 15 is 0 Å². The van der Waals surface area contributed by atoms with E-state index in [2.05, 4.69) is 9.88 Å². The van der Waals surface area contributed by atoms with Gasteiger partial charge in [-0.25, -0.2) is 0 Å². The van der Waals surface area contributed by atoms with Crippen LogP contribution in [-0.4, -0.2) is 35.8 Å². The van der Waals surface area contributed by atoms with Gasteiger partial charge in [-0.1, -0.05) is 19.9 Å². The van der Waals surface area contributed by atoms with Crippen LogP contribution in [0.1, 0.15) is 19.5 Å². The van der Waals surface area contributed by atoms with Crippen LogP contribution in [0.4, 0.5) is 0 Å². The van der Waals surface area contributed by atoms with Crippen molar-refractivity contribution in [3.63, 3.8) is 0 Å². The summed E-state index contributed by atoms with van der Waals surface area (Å²) in [6.07, 6.45) is 2.69. The highest BCUT2D eigenvalue weighted by Crippen LogP contribution is 1.99. The maximum Gasteiger partial charge on any atom is 0.149 e. The predicted molar refractivity (Wildman–Crippen MR) is 65.3 cm³/mol. The Labute approximate surface area is 97.5 Å². The van der Waals surface area contributed by atoms with Crippen molar-refractivity contribution in [2.24, 2.45) is 5.92 Å². The third-order valence-electron chi connectivity index (χ3n) is 2.55. The number of nitrogens with zero attached hydrogens (tertiary/aromatic N) is 2. The maximum absolute atomic E-state index is 11.5.